The molecule has 9 heteroatoms. The molecule has 0 amide bonds. The lowest BCUT2D eigenvalue weighted by molar-refractivity contribution is 0.0725. The molecular weight excluding hydrogens is 1350 g/mol. The molecule has 0 aliphatic heterocycles. The maximum absolute atomic E-state index is 13.9. The Hall–Kier alpha value is -13.9. The normalized spacial score (nSPS) is 11.2. The number of benzene rings is 15. The highest BCUT2D eigenvalue weighted by molar-refractivity contribution is 5.94. The van der Waals surface area contributed by atoms with Crippen molar-refractivity contribution in [3.05, 3.63) is 431 Å². The number of ether oxygens (including phenoxy) is 3. The molecule has 15 rings (SSSR count). The van der Waals surface area contributed by atoms with Crippen LogP contribution in [0, 0.1) is 41.5 Å². The summed E-state index contributed by atoms with van der Waals surface area (Å²) in [5, 5.41) is 0. The molecule has 0 aliphatic rings. The van der Waals surface area contributed by atoms with Gasteiger partial charge in [-0.25, -0.2) is 14.4 Å². The minimum atomic E-state index is -0.845. The van der Waals surface area contributed by atoms with Crippen LogP contribution in [0.15, 0.2) is 364 Å². The van der Waals surface area contributed by atoms with E-state index in [-0.39, 0.29) is 0 Å². The number of hydrogen-bond acceptors (Lipinski definition) is 9. The van der Waals surface area contributed by atoms with E-state index in [2.05, 4.69) is 282 Å². The van der Waals surface area contributed by atoms with Crippen molar-refractivity contribution in [2.45, 2.75) is 53.9 Å². The third-order valence-electron chi connectivity index (χ3n) is 20.2. The van der Waals surface area contributed by atoms with E-state index in [9.17, 15) is 14.4 Å². The molecule has 15 aromatic carbocycles. The van der Waals surface area contributed by atoms with Gasteiger partial charge in [0.25, 0.3) is 0 Å². The summed E-state index contributed by atoms with van der Waals surface area (Å²) in [5.41, 5.74) is 25.5. The summed E-state index contributed by atoms with van der Waals surface area (Å²) >= 11 is 0. The summed E-state index contributed by atoms with van der Waals surface area (Å²) in [6.45, 7) is 14.7. The van der Waals surface area contributed by atoms with Gasteiger partial charge >= 0.3 is 17.9 Å². The minimum Gasteiger partial charge on any atom is -0.423 e. The average Bonchev–Trinajstić information content (AvgIpc) is 0.762. The Bertz CT molecular complexity index is 5090. The minimum absolute atomic E-state index is 0.368. The van der Waals surface area contributed by atoms with Crippen LogP contribution < -0.4 is 28.9 Å². The van der Waals surface area contributed by atoms with Crippen molar-refractivity contribution in [1.29, 1.82) is 0 Å². The number of aryl methyl sites for hydroxylation is 6. The van der Waals surface area contributed by atoms with Crippen LogP contribution >= 0.6 is 0 Å². The van der Waals surface area contributed by atoms with Gasteiger partial charge in [-0.2, -0.15) is 0 Å². The Morgan fingerprint density at radius 2 is 0.400 bits per heavy atom. The van der Waals surface area contributed by atoms with Gasteiger partial charge in [0.05, 0.1) is 16.7 Å². The molecular formula is C101H81N3O6. The number of carbonyl (C=O) groups is 3. The van der Waals surface area contributed by atoms with Gasteiger partial charge in [-0.1, -0.05) is 182 Å². The van der Waals surface area contributed by atoms with Crippen molar-refractivity contribution in [2.75, 3.05) is 14.7 Å². The van der Waals surface area contributed by atoms with Crippen LogP contribution in [-0.2, 0) is 5.41 Å². The van der Waals surface area contributed by atoms with Crippen LogP contribution in [0.3, 0.4) is 0 Å². The van der Waals surface area contributed by atoms with Gasteiger partial charge in [0, 0.05) is 56.6 Å². The molecule has 0 radical (unpaired) electrons. The van der Waals surface area contributed by atoms with Crippen molar-refractivity contribution in [1.82, 2.24) is 0 Å². The lowest BCUT2D eigenvalue weighted by atomic mass is 9.71. The van der Waals surface area contributed by atoms with Gasteiger partial charge in [-0.3, -0.25) is 0 Å². The molecule has 0 saturated heterocycles. The van der Waals surface area contributed by atoms with Crippen molar-refractivity contribution >= 4 is 69.1 Å². The zero-order chi connectivity index (χ0) is 75.8. The molecule has 536 valence electrons. The smallest absolute Gasteiger partial charge is 0.343 e. The molecule has 0 unspecified atom stereocenters. The molecule has 0 bridgehead atoms. The second-order valence-electron chi connectivity index (χ2n) is 28.3. The first kappa shape index (κ1) is 71.7. The van der Waals surface area contributed by atoms with Crippen LogP contribution in [0.2, 0.25) is 0 Å². The maximum Gasteiger partial charge on any atom is 0.343 e. The Morgan fingerprint density at radius 1 is 0.218 bits per heavy atom. The lowest BCUT2D eigenvalue weighted by Crippen LogP contribution is -2.25. The summed E-state index contributed by atoms with van der Waals surface area (Å²) in [5.74, 6) is -0.376. The van der Waals surface area contributed by atoms with E-state index in [0.717, 1.165) is 101 Å². The summed E-state index contributed by atoms with van der Waals surface area (Å²) in [7, 11) is 0. The summed E-state index contributed by atoms with van der Waals surface area (Å²) in [6.07, 6.45) is 0. The zero-order valence-electron chi connectivity index (χ0n) is 62.4. The fourth-order valence-corrected chi connectivity index (χ4v) is 14.3. The fourth-order valence-electron chi connectivity index (χ4n) is 14.3. The Labute approximate surface area is 643 Å². The molecule has 0 aliphatic carbocycles. The zero-order valence-corrected chi connectivity index (χ0v) is 62.4. The highest BCUT2D eigenvalue weighted by atomic mass is 16.5. The second kappa shape index (κ2) is 31.7. The van der Waals surface area contributed by atoms with Crippen molar-refractivity contribution in [3.63, 3.8) is 0 Å². The largest absolute Gasteiger partial charge is 0.423 e. The van der Waals surface area contributed by atoms with Gasteiger partial charge < -0.3 is 28.9 Å². The number of esters is 3. The topological polar surface area (TPSA) is 88.6 Å². The van der Waals surface area contributed by atoms with Gasteiger partial charge in [0.15, 0.2) is 0 Å². The van der Waals surface area contributed by atoms with Crippen LogP contribution in [0.1, 0.15) is 88.1 Å². The lowest BCUT2D eigenvalue weighted by Gasteiger charge is -2.32. The van der Waals surface area contributed by atoms with E-state index in [4.69, 9.17) is 14.2 Å². The predicted octanol–water partition coefficient (Wildman–Crippen LogP) is 26.0. The Balaban J connectivity index is 0.648. The molecule has 0 spiro atoms. The number of carbonyl (C=O) groups excluding carboxylic acids is 3. The van der Waals surface area contributed by atoms with Crippen LogP contribution in [0.4, 0.5) is 51.2 Å². The van der Waals surface area contributed by atoms with E-state index in [1.165, 1.54) is 33.4 Å². The van der Waals surface area contributed by atoms with Crippen LogP contribution in [0.25, 0.3) is 33.4 Å². The van der Waals surface area contributed by atoms with E-state index >= 15 is 0 Å². The molecule has 0 N–H and O–H groups in total. The first-order valence-electron chi connectivity index (χ1n) is 36.9. The third-order valence-corrected chi connectivity index (χ3v) is 20.2. The number of hydrogen-bond donors (Lipinski definition) is 0. The standard InChI is InChI=1S/C101H81N3O6/c1-68-14-8-20-89(62-68)102(90-21-9-15-69(2)63-90)86-50-38-77(39-51-86)74-26-32-80(33-27-74)98(105)108-95-56-44-83(45-57-95)101(7,84-46-58-96(59-47-84)109-99(106)81-34-28-75(29-35-81)78-40-52-87(53-41-78)103(91-22-10-16-70(3)64-91)92-23-11-17-71(4)65-92)85-48-60-97(61-49-85)110-100(107)82-36-30-76(31-37-82)79-42-54-88(55-43-79)104(93-24-12-18-72(5)66-93)94-25-13-19-73(6)67-94/h8-67H,1-7H3. The quantitative estimate of drug-likeness (QED) is 0.0396. The van der Waals surface area contributed by atoms with Gasteiger partial charge in [0.2, 0.25) is 0 Å². The Kier molecular flexibility index (Phi) is 20.6. The molecule has 0 heterocycles. The second-order valence-corrected chi connectivity index (χ2v) is 28.3. The molecule has 0 atom stereocenters. The monoisotopic (exact) mass is 1430 g/mol. The van der Waals surface area contributed by atoms with Gasteiger partial charge in [-0.15, -0.1) is 0 Å². The van der Waals surface area contributed by atoms with Crippen molar-refractivity contribution in [2.24, 2.45) is 0 Å². The highest BCUT2D eigenvalue weighted by Gasteiger charge is 2.32. The average molecular weight is 1430 g/mol. The van der Waals surface area contributed by atoms with Crippen molar-refractivity contribution in [3.8, 4) is 50.6 Å². The summed E-state index contributed by atoms with van der Waals surface area (Å²) < 4.78 is 18.2. The first-order valence-corrected chi connectivity index (χ1v) is 36.9. The molecule has 9 nitrogen and oxygen atoms in total. The highest BCUT2D eigenvalue weighted by Crippen LogP contribution is 2.44. The Morgan fingerprint density at radius 3 is 0.582 bits per heavy atom. The van der Waals surface area contributed by atoms with Crippen molar-refractivity contribution < 1.29 is 28.6 Å². The molecule has 0 fully saturated rings. The number of anilines is 9. The van der Waals surface area contributed by atoms with Crippen LogP contribution in [0.5, 0.6) is 17.2 Å². The first-order chi connectivity index (χ1) is 53.5. The van der Waals surface area contributed by atoms with E-state index in [1.807, 2.05) is 72.8 Å². The number of nitrogens with zero attached hydrogens (tertiary/aromatic N) is 3. The van der Waals surface area contributed by atoms with E-state index in [0.29, 0.717) is 33.9 Å². The molecule has 110 heavy (non-hydrogen) atoms. The number of rotatable bonds is 21. The summed E-state index contributed by atoms with van der Waals surface area (Å²) in [4.78, 5) is 48.5. The summed E-state index contributed by atoms with van der Waals surface area (Å²) in [6, 6.07) is 121. The third kappa shape index (κ3) is 16.0. The fraction of sp³-hybridized carbons (Fsp3) is 0.0792. The maximum atomic E-state index is 13.9. The van der Waals surface area contributed by atoms with Gasteiger partial charge in [0.1, 0.15) is 17.2 Å². The van der Waals surface area contributed by atoms with E-state index in [1.54, 1.807) is 72.8 Å². The molecule has 0 saturated carbocycles. The van der Waals surface area contributed by atoms with Gasteiger partial charge in [-0.05, 0) is 314 Å². The SMILES string of the molecule is Cc1cccc(N(c2ccc(-c3ccc(C(=O)Oc4ccc(C(C)(c5ccc(OC(=O)c6ccc(-c7ccc(N(c8cccc(C)c8)c8cccc(C)c8)cc7)cc6)cc5)c5ccc(OC(=O)c6ccc(-c7ccc(N(c8cccc(C)c8)c8cccc(C)c8)cc7)cc6)cc5)cc4)cc3)cc2)c2cccc(C)c2)c1. The molecule has 15 aromatic rings. The predicted molar refractivity (Wildman–Crippen MR) is 448 cm³/mol. The molecule has 0 aromatic heterocycles. The van der Waals surface area contributed by atoms with E-state index < -0.39 is 23.3 Å². The van der Waals surface area contributed by atoms with Crippen LogP contribution in [-0.4, -0.2) is 17.9 Å².